The summed E-state index contributed by atoms with van der Waals surface area (Å²) in [6.45, 7) is 7.53. The van der Waals surface area contributed by atoms with Gasteiger partial charge in [0.25, 0.3) is 0 Å². The lowest BCUT2D eigenvalue weighted by molar-refractivity contribution is -0.137. The summed E-state index contributed by atoms with van der Waals surface area (Å²) in [7, 11) is 1.66. The Bertz CT molecular complexity index is 431. The molecule has 0 aliphatic heterocycles. The number of aliphatic carboxylic acids is 1. The fourth-order valence-corrected chi connectivity index (χ4v) is 2.24. The molecule has 106 valence electrons. The summed E-state index contributed by atoms with van der Waals surface area (Å²) in [5, 5.41) is 8.80. The van der Waals surface area contributed by atoms with Crippen LogP contribution in [0.15, 0.2) is 18.2 Å². The van der Waals surface area contributed by atoms with Crippen LogP contribution in [0.3, 0.4) is 0 Å². The van der Waals surface area contributed by atoms with Crippen LogP contribution in [0.1, 0.15) is 37.4 Å². The first-order valence-electron chi connectivity index (χ1n) is 6.60. The van der Waals surface area contributed by atoms with Gasteiger partial charge in [-0.05, 0) is 26.5 Å². The largest absolute Gasteiger partial charge is 0.496 e. The van der Waals surface area contributed by atoms with Gasteiger partial charge in [0.05, 0.1) is 13.5 Å². The monoisotopic (exact) mass is 265 g/mol. The molecule has 0 aliphatic rings. The van der Waals surface area contributed by atoms with Crippen molar-refractivity contribution in [2.45, 2.75) is 33.2 Å². The Hall–Kier alpha value is -1.55. The van der Waals surface area contributed by atoms with Crippen LogP contribution in [0, 0.1) is 6.92 Å². The lowest BCUT2D eigenvalue weighted by Gasteiger charge is -2.29. The molecule has 1 atom stereocenters. The van der Waals surface area contributed by atoms with Crippen LogP contribution in [-0.4, -0.2) is 36.2 Å². The minimum atomic E-state index is -0.762. The van der Waals surface area contributed by atoms with E-state index in [0.717, 1.165) is 17.9 Å². The number of methoxy groups -OCH3 is 1. The van der Waals surface area contributed by atoms with Crippen molar-refractivity contribution in [1.29, 1.82) is 0 Å². The smallest absolute Gasteiger partial charge is 0.304 e. The van der Waals surface area contributed by atoms with E-state index < -0.39 is 5.97 Å². The van der Waals surface area contributed by atoms with Crippen molar-refractivity contribution in [3.05, 3.63) is 29.3 Å². The van der Waals surface area contributed by atoms with Gasteiger partial charge < -0.3 is 9.84 Å². The number of carboxylic acid groups (broad SMARTS) is 1. The molecular weight excluding hydrogens is 242 g/mol. The molecule has 0 aliphatic carbocycles. The quantitative estimate of drug-likeness (QED) is 0.823. The number of carboxylic acids is 1. The zero-order valence-corrected chi connectivity index (χ0v) is 12.1. The molecule has 1 rings (SSSR count). The fraction of sp³-hybridized carbons (Fsp3) is 0.533. The maximum atomic E-state index is 10.7. The maximum absolute atomic E-state index is 10.7. The number of carbonyl (C=O) groups is 1. The van der Waals surface area contributed by atoms with E-state index in [4.69, 9.17) is 9.84 Å². The number of ether oxygens (including phenoxy) is 1. The molecule has 1 aromatic rings. The maximum Gasteiger partial charge on any atom is 0.304 e. The minimum Gasteiger partial charge on any atom is -0.496 e. The number of nitrogens with zero attached hydrogens (tertiary/aromatic N) is 1. The molecule has 1 N–H and O–H groups in total. The Morgan fingerprint density at radius 3 is 2.68 bits per heavy atom. The van der Waals surface area contributed by atoms with E-state index in [-0.39, 0.29) is 12.5 Å². The summed E-state index contributed by atoms with van der Waals surface area (Å²) >= 11 is 0. The number of hydrogen-bond donors (Lipinski definition) is 1. The lowest BCUT2D eigenvalue weighted by atomic mass is 10.0. The van der Waals surface area contributed by atoms with Crippen LogP contribution >= 0.6 is 0 Å². The van der Waals surface area contributed by atoms with Crippen molar-refractivity contribution < 1.29 is 14.6 Å². The third-order valence-electron chi connectivity index (χ3n) is 3.40. The van der Waals surface area contributed by atoms with Crippen molar-refractivity contribution in [3.63, 3.8) is 0 Å². The van der Waals surface area contributed by atoms with E-state index in [0.29, 0.717) is 6.54 Å². The topological polar surface area (TPSA) is 49.8 Å². The lowest BCUT2D eigenvalue weighted by Crippen LogP contribution is -2.29. The van der Waals surface area contributed by atoms with Gasteiger partial charge in [-0.1, -0.05) is 24.6 Å². The molecular formula is C15H23NO3. The molecule has 0 radical (unpaired) electrons. The van der Waals surface area contributed by atoms with Gasteiger partial charge in [-0.3, -0.25) is 9.69 Å². The number of rotatable bonds is 7. The van der Waals surface area contributed by atoms with Crippen LogP contribution in [-0.2, 0) is 4.79 Å². The first kappa shape index (κ1) is 15.5. The molecule has 0 aromatic heterocycles. The third-order valence-corrected chi connectivity index (χ3v) is 3.40. The van der Waals surface area contributed by atoms with E-state index in [1.54, 1.807) is 7.11 Å². The molecule has 0 heterocycles. The highest BCUT2D eigenvalue weighted by atomic mass is 16.5. The summed E-state index contributed by atoms with van der Waals surface area (Å²) in [5.41, 5.74) is 2.28. The highest BCUT2D eigenvalue weighted by molar-refractivity contribution is 5.66. The Labute approximate surface area is 115 Å². The Morgan fingerprint density at radius 2 is 2.16 bits per heavy atom. The SMILES string of the molecule is CCN(CCC(=O)O)C(C)c1cc(C)ccc1OC. The fourth-order valence-electron chi connectivity index (χ4n) is 2.24. The average molecular weight is 265 g/mol. The number of benzene rings is 1. The molecule has 0 saturated carbocycles. The summed E-state index contributed by atoms with van der Waals surface area (Å²) in [6.07, 6.45) is 0.159. The highest BCUT2D eigenvalue weighted by Crippen LogP contribution is 2.30. The molecule has 0 saturated heterocycles. The van der Waals surface area contributed by atoms with Crippen LogP contribution in [0.2, 0.25) is 0 Å². The summed E-state index contributed by atoms with van der Waals surface area (Å²) in [5.74, 6) is 0.0914. The number of aryl methyl sites for hydroxylation is 1. The van der Waals surface area contributed by atoms with E-state index in [1.807, 2.05) is 26.0 Å². The zero-order chi connectivity index (χ0) is 14.4. The van der Waals surface area contributed by atoms with Gasteiger partial charge in [-0.15, -0.1) is 0 Å². The Balaban J connectivity index is 2.92. The van der Waals surface area contributed by atoms with E-state index in [2.05, 4.69) is 17.9 Å². The molecule has 0 bridgehead atoms. The second-order valence-electron chi connectivity index (χ2n) is 4.69. The first-order chi connectivity index (χ1) is 8.99. The molecule has 0 fully saturated rings. The molecule has 4 nitrogen and oxygen atoms in total. The molecule has 19 heavy (non-hydrogen) atoms. The Kier molecular flexibility index (Phi) is 5.83. The van der Waals surface area contributed by atoms with Gasteiger partial charge in [0, 0.05) is 18.2 Å². The summed E-state index contributed by atoms with van der Waals surface area (Å²) < 4.78 is 5.40. The van der Waals surface area contributed by atoms with E-state index in [9.17, 15) is 4.79 Å². The van der Waals surface area contributed by atoms with Crippen molar-refractivity contribution in [2.75, 3.05) is 20.2 Å². The average Bonchev–Trinajstić information content (AvgIpc) is 2.38. The molecule has 1 unspecified atom stereocenters. The normalized spacial score (nSPS) is 12.5. The van der Waals surface area contributed by atoms with E-state index in [1.165, 1.54) is 5.56 Å². The third kappa shape index (κ3) is 4.24. The van der Waals surface area contributed by atoms with Gasteiger partial charge >= 0.3 is 5.97 Å². The van der Waals surface area contributed by atoms with E-state index >= 15 is 0 Å². The second kappa shape index (κ2) is 7.14. The van der Waals surface area contributed by atoms with Gasteiger partial charge in [-0.2, -0.15) is 0 Å². The molecule has 0 spiro atoms. The van der Waals surface area contributed by atoms with Crippen molar-refractivity contribution >= 4 is 5.97 Å². The second-order valence-corrected chi connectivity index (χ2v) is 4.69. The Morgan fingerprint density at radius 1 is 1.47 bits per heavy atom. The predicted molar refractivity (Wildman–Crippen MR) is 75.6 cm³/mol. The molecule has 0 amide bonds. The van der Waals surface area contributed by atoms with Gasteiger partial charge in [-0.25, -0.2) is 0 Å². The van der Waals surface area contributed by atoms with Crippen LogP contribution in [0.4, 0.5) is 0 Å². The molecule has 4 heteroatoms. The molecule has 1 aromatic carbocycles. The summed E-state index contributed by atoms with van der Waals surface area (Å²) in [6, 6.07) is 6.22. The van der Waals surface area contributed by atoms with Crippen molar-refractivity contribution in [2.24, 2.45) is 0 Å². The summed E-state index contributed by atoms with van der Waals surface area (Å²) in [4.78, 5) is 12.8. The van der Waals surface area contributed by atoms with Crippen LogP contribution < -0.4 is 4.74 Å². The van der Waals surface area contributed by atoms with Crippen LogP contribution in [0.25, 0.3) is 0 Å². The highest BCUT2D eigenvalue weighted by Gasteiger charge is 2.18. The minimum absolute atomic E-state index is 0.138. The van der Waals surface area contributed by atoms with Gasteiger partial charge in [0.1, 0.15) is 5.75 Å². The standard InChI is InChI=1S/C15H23NO3/c1-5-16(9-8-15(17)18)12(3)13-10-11(2)6-7-14(13)19-4/h6-7,10,12H,5,8-9H2,1-4H3,(H,17,18). The predicted octanol–water partition coefficient (Wildman–Crippen LogP) is 2.86. The van der Waals surface area contributed by atoms with Crippen molar-refractivity contribution in [3.8, 4) is 5.75 Å². The zero-order valence-electron chi connectivity index (χ0n) is 12.1. The van der Waals surface area contributed by atoms with Gasteiger partial charge in [0.2, 0.25) is 0 Å². The first-order valence-corrected chi connectivity index (χ1v) is 6.60. The number of hydrogen-bond acceptors (Lipinski definition) is 3. The van der Waals surface area contributed by atoms with Gasteiger partial charge in [0.15, 0.2) is 0 Å². The van der Waals surface area contributed by atoms with Crippen molar-refractivity contribution in [1.82, 2.24) is 4.90 Å². The van der Waals surface area contributed by atoms with Crippen LogP contribution in [0.5, 0.6) is 5.75 Å².